The standard InChI is InChI=1S/C18H16F6N4O2/c1-8(15(30)28-3-2-16(7-28)6-17(16,20)21)26-14(29)10-4-9-11(27-10)5-25-13(12(9)19)18(22,23)24/h4-5,8,27H,2-3,6-7H2,1H3,(H,26,29)/t8-,16+/m0/s1. The topological polar surface area (TPSA) is 78.1 Å². The van der Waals surface area contributed by atoms with Crippen LogP contribution in [0.15, 0.2) is 12.3 Å². The molecule has 4 rings (SSSR count). The van der Waals surface area contributed by atoms with Gasteiger partial charge >= 0.3 is 6.18 Å². The highest BCUT2D eigenvalue weighted by atomic mass is 19.4. The zero-order chi connectivity index (χ0) is 22.1. The summed E-state index contributed by atoms with van der Waals surface area (Å²) in [6.07, 6.45) is -4.32. The quantitative estimate of drug-likeness (QED) is 0.729. The summed E-state index contributed by atoms with van der Waals surface area (Å²) in [6.45, 7) is 1.42. The Balaban J connectivity index is 1.46. The second-order valence-electron chi connectivity index (χ2n) is 7.80. The first-order valence-electron chi connectivity index (χ1n) is 9.06. The van der Waals surface area contributed by atoms with Crippen LogP contribution in [0.25, 0.3) is 10.9 Å². The van der Waals surface area contributed by atoms with E-state index in [9.17, 15) is 35.9 Å². The summed E-state index contributed by atoms with van der Waals surface area (Å²) in [7, 11) is 0. The maximum atomic E-state index is 14.1. The molecule has 0 bridgehead atoms. The molecule has 1 spiro atoms. The summed E-state index contributed by atoms with van der Waals surface area (Å²) < 4.78 is 79.4. The van der Waals surface area contributed by atoms with E-state index in [4.69, 9.17) is 0 Å². The van der Waals surface area contributed by atoms with Gasteiger partial charge in [-0.1, -0.05) is 0 Å². The molecule has 1 saturated heterocycles. The molecule has 2 aromatic rings. The van der Waals surface area contributed by atoms with Crippen molar-refractivity contribution in [2.24, 2.45) is 5.41 Å². The van der Waals surface area contributed by atoms with Crippen molar-refractivity contribution < 1.29 is 35.9 Å². The van der Waals surface area contributed by atoms with E-state index in [0.717, 1.165) is 12.3 Å². The molecule has 2 amide bonds. The monoisotopic (exact) mass is 434 g/mol. The number of amides is 2. The van der Waals surface area contributed by atoms with Crippen LogP contribution in [0.3, 0.4) is 0 Å². The molecule has 2 aliphatic rings. The van der Waals surface area contributed by atoms with E-state index in [1.807, 2.05) is 0 Å². The molecule has 2 N–H and O–H groups in total. The fourth-order valence-corrected chi connectivity index (χ4v) is 3.88. The number of halogens is 6. The maximum absolute atomic E-state index is 14.1. The largest absolute Gasteiger partial charge is 0.436 e. The number of aromatic nitrogens is 2. The van der Waals surface area contributed by atoms with E-state index in [1.165, 1.54) is 11.8 Å². The number of H-pyrrole nitrogens is 1. The zero-order valence-corrected chi connectivity index (χ0v) is 15.5. The molecule has 0 aromatic carbocycles. The van der Waals surface area contributed by atoms with Crippen LogP contribution in [-0.2, 0) is 11.0 Å². The second-order valence-corrected chi connectivity index (χ2v) is 7.80. The molecule has 1 aliphatic heterocycles. The van der Waals surface area contributed by atoms with Gasteiger partial charge in [-0.25, -0.2) is 18.2 Å². The SMILES string of the molecule is C[C@H](NC(=O)c1cc2c(F)c(C(F)(F)F)ncc2[nH]1)C(=O)N1CC[C@]2(C1)CC2(F)F. The normalized spacial score (nSPS) is 23.8. The molecule has 1 saturated carbocycles. The van der Waals surface area contributed by atoms with Crippen molar-refractivity contribution in [1.29, 1.82) is 0 Å². The van der Waals surface area contributed by atoms with Crippen molar-refractivity contribution in [3.8, 4) is 0 Å². The third kappa shape index (κ3) is 3.18. The summed E-state index contributed by atoms with van der Waals surface area (Å²) in [4.78, 5) is 31.6. The lowest BCUT2D eigenvalue weighted by Crippen LogP contribution is -2.46. The van der Waals surface area contributed by atoms with Gasteiger partial charge in [0.05, 0.1) is 17.1 Å². The Kier molecular flexibility index (Phi) is 4.34. The van der Waals surface area contributed by atoms with Gasteiger partial charge in [-0.2, -0.15) is 13.2 Å². The number of carbonyl (C=O) groups is 2. The minimum atomic E-state index is -5.00. The average Bonchev–Trinajstić information content (AvgIpc) is 3.03. The van der Waals surface area contributed by atoms with E-state index in [1.54, 1.807) is 0 Å². The van der Waals surface area contributed by atoms with E-state index in [0.29, 0.717) is 0 Å². The zero-order valence-electron chi connectivity index (χ0n) is 15.5. The van der Waals surface area contributed by atoms with Gasteiger partial charge in [-0.3, -0.25) is 9.59 Å². The highest BCUT2D eigenvalue weighted by Gasteiger charge is 2.73. The molecule has 30 heavy (non-hydrogen) atoms. The van der Waals surface area contributed by atoms with Gasteiger partial charge in [0.1, 0.15) is 11.7 Å². The summed E-state index contributed by atoms with van der Waals surface area (Å²) >= 11 is 0. The molecule has 1 aliphatic carbocycles. The minimum absolute atomic E-state index is 0.0947. The number of aromatic amines is 1. The van der Waals surface area contributed by atoms with E-state index in [-0.39, 0.29) is 37.1 Å². The number of hydrogen-bond acceptors (Lipinski definition) is 3. The Morgan fingerprint density at radius 3 is 2.57 bits per heavy atom. The van der Waals surface area contributed by atoms with Crippen LogP contribution in [0.1, 0.15) is 35.9 Å². The van der Waals surface area contributed by atoms with Gasteiger partial charge in [0.25, 0.3) is 11.8 Å². The van der Waals surface area contributed by atoms with Gasteiger partial charge < -0.3 is 15.2 Å². The molecule has 2 fully saturated rings. The third-order valence-electron chi connectivity index (χ3n) is 5.72. The van der Waals surface area contributed by atoms with Crippen molar-refractivity contribution in [3.63, 3.8) is 0 Å². The van der Waals surface area contributed by atoms with Crippen molar-refractivity contribution >= 4 is 22.7 Å². The fourth-order valence-electron chi connectivity index (χ4n) is 3.88. The number of likely N-dealkylation sites (tertiary alicyclic amines) is 1. The second kappa shape index (κ2) is 6.35. The molecule has 0 unspecified atom stereocenters. The summed E-state index contributed by atoms with van der Waals surface area (Å²) in [5, 5.41) is 1.88. The minimum Gasteiger partial charge on any atom is -0.349 e. The Bertz CT molecular complexity index is 1050. The third-order valence-corrected chi connectivity index (χ3v) is 5.72. The summed E-state index contributed by atoms with van der Waals surface area (Å²) in [6, 6.07) is -0.177. The first kappa shape index (κ1) is 20.5. The molecule has 12 heteroatoms. The van der Waals surface area contributed by atoms with Gasteiger partial charge in [0.15, 0.2) is 11.5 Å². The number of fused-ring (bicyclic) bond motifs is 1. The van der Waals surface area contributed by atoms with Crippen LogP contribution < -0.4 is 5.32 Å². The van der Waals surface area contributed by atoms with Crippen LogP contribution in [0, 0.1) is 11.2 Å². The molecular weight excluding hydrogens is 418 g/mol. The molecule has 6 nitrogen and oxygen atoms in total. The number of carbonyl (C=O) groups excluding carboxylic acids is 2. The van der Waals surface area contributed by atoms with Crippen molar-refractivity contribution in [2.75, 3.05) is 13.1 Å². The fraction of sp³-hybridized carbons (Fsp3) is 0.500. The summed E-state index contributed by atoms with van der Waals surface area (Å²) in [5.41, 5.74) is -3.27. The number of nitrogens with zero attached hydrogens (tertiary/aromatic N) is 2. The van der Waals surface area contributed by atoms with Crippen molar-refractivity contribution in [2.45, 2.75) is 37.9 Å². The number of alkyl halides is 5. The molecule has 162 valence electrons. The first-order valence-corrected chi connectivity index (χ1v) is 9.06. The lowest BCUT2D eigenvalue weighted by atomic mass is 10.1. The lowest BCUT2D eigenvalue weighted by molar-refractivity contribution is -0.143. The first-order chi connectivity index (χ1) is 13.8. The van der Waals surface area contributed by atoms with Crippen molar-refractivity contribution in [1.82, 2.24) is 20.2 Å². The number of hydrogen-bond donors (Lipinski definition) is 2. The van der Waals surface area contributed by atoms with Gasteiger partial charge in [-0.15, -0.1) is 0 Å². The smallest absolute Gasteiger partial charge is 0.349 e. The predicted octanol–water partition coefficient (Wildman–Crippen LogP) is 3.10. The van der Waals surface area contributed by atoms with E-state index >= 15 is 0 Å². The Morgan fingerprint density at radius 2 is 2.00 bits per heavy atom. The van der Waals surface area contributed by atoms with Crippen LogP contribution in [0.4, 0.5) is 26.3 Å². The van der Waals surface area contributed by atoms with E-state index < -0.39 is 52.3 Å². The highest BCUT2D eigenvalue weighted by Crippen LogP contribution is 2.65. The van der Waals surface area contributed by atoms with Crippen LogP contribution in [0.2, 0.25) is 0 Å². The van der Waals surface area contributed by atoms with Crippen LogP contribution in [-0.4, -0.2) is 51.7 Å². The lowest BCUT2D eigenvalue weighted by Gasteiger charge is -2.21. The van der Waals surface area contributed by atoms with Gasteiger partial charge in [0, 0.05) is 24.9 Å². The number of nitrogens with one attached hydrogen (secondary N) is 2. The molecule has 2 aromatic heterocycles. The molecule has 2 atom stereocenters. The Morgan fingerprint density at radius 1 is 1.33 bits per heavy atom. The summed E-state index contributed by atoms with van der Waals surface area (Å²) in [5.74, 6) is -5.81. The molecule has 0 radical (unpaired) electrons. The average molecular weight is 434 g/mol. The Hall–Kier alpha value is -2.79. The molecular formula is C18H16F6N4O2. The van der Waals surface area contributed by atoms with Gasteiger partial charge in [0.2, 0.25) is 5.91 Å². The van der Waals surface area contributed by atoms with Gasteiger partial charge in [-0.05, 0) is 19.4 Å². The van der Waals surface area contributed by atoms with Crippen LogP contribution in [0.5, 0.6) is 0 Å². The van der Waals surface area contributed by atoms with Crippen LogP contribution >= 0.6 is 0 Å². The number of rotatable bonds is 3. The predicted molar refractivity (Wildman–Crippen MR) is 91.2 cm³/mol. The maximum Gasteiger partial charge on any atom is 0.436 e. The molecule has 3 heterocycles. The van der Waals surface area contributed by atoms with Crippen molar-refractivity contribution in [3.05, 3.63) is 29.5 Å². The van der Waals surface area contributed by atoms with E-state index in [2.05, 4.69) is 15.3 Å². The highest BCUT2D eigenvalue weighted by molar-refractivity contribution is 6.00. The Labute approximate surface area is 165 Å². The number of pyridine rings is 1.